The van der Waals surface area contributed by atoms with Gasteiger partial charge in [0.1, 0.15) is 0 Å². The molecular weight excluding hydrogens is 289 g/mol. The first kappa shape index (κ1) is 17.1. The van der Waals surface area contributed by atoms with Gasteiger partial charge in [-0.15, -0.1) is 0 Å². The Morgan fingerprint density at radius 3 is 2.43 bits per heavy atom. The van der Waals surface area contributed by atoms with E-state index in [1.54, 1.807) is 24.3 Å². The molecule has 0 aromatic heterocycles. The van der Waals surface area contributed by atoms with Gasteiger partial charge in [-0.05, 0) is 31.2 Å². The standard InChI is InChI=1S/C13H17F3N2O3/c1-2-18(7-8-19)11-5-3-10(4-6-11)17-12(20)21-9-13(14,15)16/h3-6,19H,2,7-9H2,1H3,(H,17,20). The van der Waals surface area contributed by atoms with Crippen molar-refractivity contribution >= 4 is 17.5 Å². The van der Waals surface area contributed by atoms with Crippen LogP contribution >= 0.6 is 0 Å². The number of carbonyl (C=O) groups excluding carboxylic acids is 1. The third kappa shape index (κ3) is 6.35. The van der Waals surface area contributed by atoms with Crippen LogP contribution in [0.25, 0.3) is 0 Å². The van der Waals surface area contributed by atoms with Gasteiger partial charge in [0, 0.05) is 24.5 Å². The highest BCUT2D eigenvalue weighted by Crippen LogP contribution is 2.18. The molecule has 1 aromatic rings. The summed E-state index contributed by atoms with van der Waals surface area (Å²) in [6, 6.07) is 6.48. The first-order chi connectivity index (χ1) is 9.85. The minimum atomic E-state index is -4.55. The minimum Gasteiger partial charge on any atom is -0.440 e. The number of amides is 1. The molecule has 0 aliphatic carbocycles. The molecule has 0 fully saturated rings. The largest absolute Gasteiger partial charge is 0.440 e. The first-order valence-electron chi connectivity index (χ1n) is 6.32. The lowest BCUT2D eigenvalue weighted by Gasteiger charge is -2.22. The summed E-state index contributed by atoms with van der Waals surface area (Å²) in [7, 11) is 0. The number of halogens is 3. The van der Waals surface area contributed by atoms with Crippen LogP contribution in [0.15, 0.2) is 24.3 Å². The van der Waals surface area contributed by atoms with Crippen LogP contribution in [0.2, 0.25) is 0 Å². The Balaban J connectivity index is 2.56. The Kier molecular flexibility index (Phi) is 6.29. The summed E-state index contributed by atoms with van der Waals surface area (Å²) >= 11 is 0. The molecule has 0 aliphatic heterocycles. The minimum absolute atomic E-state index is 0.0115. The van der Waals surface area contributed by atoms with Crippen LogP contribution in [0.5, 0.6) is 0 Å². The molecule has 0 radical (unpaired) electrons. The lowest BCUT2D eigenvalue weighted by atomic mass is 10.2. The van der Waals surface area contributed by atoms with Gasteiger partial charge >= 0.3 is 12.3 Å². The highest BCUT2D eigenvalue weighted by Gasteiger charge is 2.29. The van der Waals surface area contributed by atoms with E-state index in [1.807, 2.05) is 11.8 Å². The van der Waals surface area contributed by atoms with Crippen LogP contribution in [0.4, 0.5) is 29.3 Å². The third-order valence-electron chi connectivity index (χ3n) is 2.60. The van der Waals surface area contributed by atoms with Crippen molar-refractivity contribution in [3.8, 4) is 0 Å². The van der Waals surface area contributed by atoms with Crippen LogP contribution in [-0.4, -0.2) is 43.7 Å². The fraction of sp³-hybridized carbons (Fsp3) is 0.462. The van der Waals surface area contributed by atoms with Crippen LogP contribution in [0.1, 0.15) is 6.92 Å². The molecule has 21 heavy (non-hydrogen) atoms. The maximum Gasteiger partial charge on any atom is 0.422 e. The van der Waals surface area contributed by atoms with Crippen molar-refractivity contribution in [1.29, 1.82) is 0 Å². The number of carbonyl (C=O) groups is 1. The smallest absolute Gasteiger partial charge is 0.422 e. The second-order valence-corrected chi connectivity index (χ2v) is 4.17. The van der Waals surface area contributed by atoms with Crippen LogP contribution in [0, 0.1) is 0 Å². The van der Waals surface area contributed by atoms with Crippen molar-refractivity contribution in [2.45, 2.75) is 13.1 Å². The number of anilines is 2. The zero-order valence-electron chi connectivity index (χ0n) is 11.5. The molecule has 0 saturated heterocycles. The van der Waals surface area contributed by atoms with Crippen LogP contribution in [0.3, 0.4) is 0 Å². The Morgan fingerprint density at radius 1 is 1.33 bits per heavy atom. The quantitative estimate of drug-likeness (QED) is 0.848. The zero-order chi connectivity index (χ0) is 15.9. The van der Waals surface area contributed by atoms with E-state index in [4.69, 9.17) is 5.11 Å². The monoisotopic (exact) mass is 306 g/mol. The van der Waals surface area contributed by atoms with E-state index in [0.29, 0.717) is 18.8 Å². The number of alkyl halides is 3. The number of nitrogens with zero attached hydrogens (tertiary/aromatic N) is 1. The molecule has 5 nitrogen and oxygen atoms in total. The molecule has 0 bridgehead atoms. The Labute approximate surface area is 120 Å². The average Bonchev–Trinajstić information content (AvgIpc) is 2.43. The Morgan fingerprint density at radius 2 is 1.95 bits per heavy atom. The van der Waals surface area contributed by atoms with E-state index in [9.17, 15) is 18.0 Å². The van der Waals surface area contributed by atoms with Crippen LogP contribution < -0.4 is 10.2 Å². The second-order valence-electron chi connectivity index (χ2n) is 4.17. The predicted octanol–water partition coefficient (Wildman–Crippen LogP) is 2.62. The molecule has 118 valence electrons. The molecule has 0 spiro atoms. The third-order valence-corrected chi connectivity index (χ3v) is 2.60. The van der Waals surface area contributed by atoms with Crippen molar-refractivity contribution < 1.29 is 27.8 Å². The molecule has 0 saturated carbocycles. The topological polar surface area (TPSA) is 61.8 Å². The maximum atomic E-state index is 11.9. The van der Waals surface area contributed by atoms with Gasteiger partial charge in [0.15, 0.2) is 6.61 Å². The first-order valence-corrected chi connectivity index (χ1v) is 6.32. The number of nitrogens with one attached hydrogen (secondary N) is 1. The summed E-state index contributed by atoms with van der Waals surface area (Å²) in [4.78, 5) is 13.1. The van der Waals surface area contributed by atoms with Crippen molar-refractivity contribution in [3.63, 3.8) is 0 Å². The molecular formula is C13H17F3N2O3. The fourth-order valence-corrected chi connectivity index (χ4v) is 1.65. The summed E-state index contributed by atoms with van der Waals surface area (Å²) in [5.74, 6) is 0. The SMILES string of the molecule is CCN(CCO)c1ccc(NC(=O)OCC(F)(F)F)cc1. The van der Waals surface area contributed by atoms with Crippen molar-refractivity contribution in [3.05, 3.63) is 24.3 Å². The number of ether oxygens (including phenoxy) is 1. The number of aliphatic hydroxyl groups excluding tert-OH is 1. The van der Waals surface area contributed by atoms with E-state index in [0.717, 1.165) is 5.69 Å². The number of rotatable bonds is 6. The molecule has 2 N–H and O–H groups in total. The second kappa shape index (κ2) is 7.72. The number of aliphatic hydroxyl groups is 1. The van der Waals surface area contributed by atoms with Gasteiger partial charge in [0.2, 0.25) is 0 Å². The van der Waals surface area contributed by atoms with Gasteiger partial charge in [-0.3, -0.25) is 5.32 Å². The number of hydrogen-bond donors (Lipinski definition) is 2. The number of hydrogen-bond acceptors (Lipinski definition) is 4. The normalized spacial score (nSPS) is 11.1. The zero-order valence-corrected chi connectivity index (χ0v) is 11.5. The number of benzene rings is 1. The summed E-state index contributed by atoms with van der Waals surface area (Å²) in [5.41, 5.74) is 1.16. The fourth-order valence-electron chi connectivity index (χ4n) is 1.65. The van der Waals surface area contributed by atoms with Crippen LogP contribution in [-0.2, 0) is 4.74 Å². The Hall–Kier alpha value is -1.96. The predicted molar refractivity (Wildman–Crippen MR) is 72.4 cm³/mol. The van der Waals surface area contributed by atoms with Gasteiger partial charge in [0.05, 0.1) is 6.61 Å². The van der Waals surface area contributed by atoms with Crippen molar-refractivity contribution in [2.75, 3.05) is 36.5 Å². The lowest BCUT2D eigenvalue weighted by molar-refractivity contribution is -0.159. The molecule has 0 unspecified atom stereocenters. The molecule has 0 heterocycles. The number of likely N-dealkylation sites (N-methyl/N-ethyl adjacent to an activating group) is 1. The summed E-state index contributed by atoms with van der Waals surface area (Å²) < 4.78 is 39.7. The van der Waals surface area contributed by atoms with E-state index < -0.39 is 18.9 Å². The van der Waals surface area contributed by atoms with E-state index >= 15 is 0 Å². The highest BCUT2D eigenvalue weighted by molar-refractivity contribution is 5.84. The van der Waals surface area contributed by atoms with Crippen molar-refractivity contribution in [2.24, 2.45) is 0 Å². The Bertz CT molecular complexity index is 449. The molecule has 1 aromatic carbocycles. The molecule has 8 heteroatoms. The van der Waals surface area contributed by atoms with Gasteiger partial charge in [0.25, 0.3) is 0 Å². The average molecular weight is 306 g/mol. The van der Waals surface area contributed by atoms with Gasteiger partial charge < -0.3 is 14.7 Å². The van der Waals surface area contributed by atoms with E-state index in [-0.39, 0.29) is 6.61 Å². The van der Waals surface area contributed by atoms with Gasteiger partial charge in [-0.2, -0.15) is 13.2 Å². The van der Waals surface area contributed by atoms with Gasteiger partial charge in [-0.25, -0.2) is 4.79 Å². The highest BCUT2D eigenvalue weighted by atomic mass is 19.4. The lowest BCUT2D eigenvalue weighted by Crippen LogP contribution is -2.26. The van der Waals surface area contributed by atoms with E-state index in [2.05, 4.69) is 10.1 Å². The maximum absolute atomic E-state index is 11.9. The summed E-state index contributed by atoms with van der Waals surface area (Å²) in [6.07, 6.45) is -5.71. The summed E-state index contributed by atoms with van der Waals surface area (Å²) in [6.45, 7) is 1.48. The van der Waals surface area contributed by atoms with Gasteiger partial charge in [-0.1, -0.05) is 0 Å². The summed E-state index contributed by atoms with van der Waals surface area (Å²) in [5, 5.41) is 11.1. The van der Waals surface area contributed by atoms with Crippen molar-refractivity contribution in [1.82, 2.24) is 0 Å². The molecule has 1 amide bonds. The molecule has 0 atom stereocenters. The van der Waals surface area contributed by atoms with E-state index in [1.165, 1.54) is 0 Å². The molecule has 0 aliphatic rings. The molecule has 1 rings (SSSR count).